The third-order valence-corrected chi connectivity index (χ3v) is 4.35. The number of carbonyl (C=O) groups excluding carboxylic acids is 1. The molecule has 0 saturated carbocycles. The Labute approximate surface area is 126 Å². The lowest BCUT2D eigenvalue weighted by atomic mass is 9.76. The monoisotopic (exact) mass is 281 g/mol. The predicted octanol–water partition coefficient (Wildman–Crippen LogP) is 4.58. The van der Waals surface area contributed by atoms with Crippen molar-refractivity contribution in [3.05, 3.63) is 53.3 Å². The molecular weight excluding hydrogens is 258 g/mol. The van der Waals surface area contributed by atoms with Crippen LogP contribution in [-0.4, -0.2) is 10.4 Å². The van der Waals surface area contributed by atoms with E-state index in [2.05, 4.69) is 55.8 Å². The molecule has 0 amide bonds. The van der Waals surface area contributed by atoms with E-state index in [1.54, 1.807) is 0 Å². The van der Waals surface area contributed by atoms with Crippen LogP contribution in [0.15, 0.2) is 36.5 Å². The minimum absolute atomic E-state index is 0.0554. The average Bonchev–Trinajstić information content (AvgIpc) is 2.82. The first kappa shape index (κ1) is 14.1. The molecule has 1 aliphatic rings. The van der Waals surface area contributed by atoms with Crippen LogP contribution in [0, 0.1) is 5.41 Å². The van der Waals surface area contributed by atoms with E-state index < -0.39 is 0 Å². The number of carbonyl (C=O) groups is 1. The normalized spacial score (nSPS) is 16.8. The van der Waals surface area contributed by atoms with Gasteiger partial charge in [-0.25, -0.2) is 0 Å². The van der Waals surface area contributed by atoms with Gasteiger partial charge in [-0.3, -0.25) is 4.79 Å². The molecule has 110 valence electrons. The lowest BCUT2D eigenvalue weighted by molar-refractivity contribution is 0.0911. The highest BCUT2D eigenvalue weighted by Crippen LogP contribution is 2.36. The zero-order chi connectivity index (χ0) is 15.0. The molecule has 1 aromatic carbocycles. The number of ketones is 1. The van der Waals surface area contributed by atoms with Crippen LogP contribution in [0.3, 0.4) is 0 Å². The van der Waals surface area contributed by atoms with Crippen LogP contribution in [0.2, 0.25) is 0 Å². The molecule has 1 aliphatic carbocycles. The van der Waals surface area contributed by atoms with Crippen molar-refractivity contribution in [3.63, 3.8) is 0 Å². The third-order valence-electron chi connectivity index (χ3n) is 4.35. The van der Waals surface area contributed by atoms with Crippen LogP contribution < -0.4 is 0 Å². The number of aryl methyl sites for hydroxylation is 1. The van der Waals surface area contributed by atoms with Crippen LogP contribution in [0.5, 0.6) is 0 Å². The Morgan fingerprint density at radius 3 is 2.67 bits per heavy atom. The second kappa shape index (κ2) is 5.18. The molecule has 0 radical (unpaired) electrons. The Morgan fingerprint density at radius 2 is 1.90 bits per heavy atom. The molecule has 0 bridgehead atoms. The number of rotatable bonds is 3. The highest BCUT2D eigenvalue weighted by atomic mass is 16.1. The first-order valence-corrected chi connectivity index (χ1v) is 7.83. The van der Waals surface area contributed by atoms with E-state index in [0.717, 1.165) is 24.8 Å². The summed E-state index contributed by atoms with van der Waals surface area (Å²) < 4.78 is 2.24. The number of benzene rings is 1. The fourth-order valence-electron chi connectivity index (χ4n) is 3.40. The number of nitrogens with zero attached hydrogens (tertiary/aromatic N) is 1. The standard InChI is InChI=1S/C19H23NO/c1-4-7-14-8-5-6-9-16(14)20-11-10-15-17(20)12-19(2,3)13-18(15)21/h5-6,8-11H,4,7,12-13H2,1-3H3. The number of Topliss-reactive ketones (excluding diaryl/α,β-unsaturated/α-hetero) is 1. The quantitative estimate of drug-likeness (QED) is 0.807. The van der Waals surface area contributed by atoms with Gasteiger partial charge in [0, 0.05) is 29.6 Å². The summed E-state index contributed by atoms with van der Waals surface area (Å²) in [5.74, 6) is 0.285. The Kier molecular flexibility index (Phi) is 3.48. The van der Waals surface area contributed by atoms with Crippen LogP contribution >= 0.6 is 0 Å². The van der Waals surface area contributed by atoms with Crippen molar-refractivity contribution in [2.24, 2.45) is 5.41 Å². The minimum Gasteiger partial charge on any atom is -0.320 e. The summed E-state index contributed by atoms with van der Waals surface area (Å²) >= 11 is 0. The van der Waals surface area contributed by atoms with E-state index in [9.17, 15) is 4.79 Å². The van der Waals surface area contributed by atoms with Crippen molar-refractivity contribution in [3.8, 4) is 5.69 Å². The second-order valence-corrected chi connectivity index (χ2v) is 6.87. The molecule has 0 fully saturated rings. The molecule has 2 aromatic rings. The number of hydrogen-bond acceptors (Lipinski definition) is 1. The average molecular weight is 281 g/mol. The summed E-state index contributed by atoms with van der Waals surface area (Å²) in [5.41, 5.74) is 4.74. The van der Waals surface area contributed by atoms with Crippen molar-refractivity contribution in [1.29, 1.82) is 0 Å². The summed E-state index contributed by atoms with van der Waals surface area (Å²) in [4.78, 5) is 12.3. The Balaban J connectivity index is 2.12. The first-order chi connectivity index (χ1) is 10.0. The van der Waals surface area contributed by atoms with E-state index in [0.29, 0.717) is 6.42 Å². The molecule has 0 spiro atoms. The van der Waals surface area contributed by atoms with Crippen LogP contribution in [0.1, 0.15) is 55.2 Å². The van der Waals surface area contributed by atoms with Gasteiger partial charge in [-0.05, 0) is 36.0 Å². The zero-order valence-electron chi connectivity index (χ0n) is 13.1. The Morgan fingerprint density at radius 1 is 1.14 bits per heavy atom. The van der Waals surface area contributed by atoms with E-state index in [-0.39, 0.29) is 11.2 Å². The fourth-order valence-corrected chi connectivity index (χ4v) is 3.40. The maximum absolute atomic E-state index is 12.3. The summed E-state index contributed by atoms with van der Waals surface area (Å²) in [7, 11) is 0. The molecule has 2 heteroatoms. The van der Waals surface area contributed by atoms with Crippen molar-refractivity contribution < 1.29 is 4.79 Å². The van der Waals surface area contributed by atoms with Gasteiger partial charge in [0.2, 0.25) is 0 Å². The van der Waals surface area contributed by atoms with Crippen molar-refractivity contribution >= 4 is 5.78 Å². The topological polar surface area (TPSA) is 22.0 Å². The third kappa shape index (κ3) is 2.55. The number of aromatic nitrogens is 1. The number of para-hydroxylation sites is 1. The van der Waals surface area contributed by atoms with Gasteiger partial charge in [0.15, 0.2) is 5.78 Å². The van der Waals surface area contributed by atoms with Gasteiger partial charge in [0.25, 0.3) is 0 Å². The largest absolute Gasteiger partial charge is 0.320 e. The molecule has 1 aromatic heterocycles. The minimum atomic E-state index is 0.0554. The highest BCUT2D eigenvalue weighted by Gasteiger charge is 2.33. The fraction of sp³-hybridized carbons (Fsp3) is 0.421. The lowest BCUT2D eigenvalue weighted by Crippen LogP contribution is -2.27. The van der Waals surface area contributed by atoms with Gasteiger partial charge in [-0.15, -0.1) is 0 Å². The maximum Gasteiger partial charge on any atom is 0.165 e. The summed E-state index contributed by atoms with van der Waals surface area (Å²) in [6.45, 7) is 6.57. The van der Waals surface area contributed by atoms with E-state index in [1.165, 1.54) is 16.9 Å². The van der Waals surface area contributed by atoms with Gasteiger partial charge >= 0.3 is 0 Å². The summed E-state index contributed by atoms with van der Waals surface area (Å²) in [6, 6.07) is 10.5. The van der Waals surface area contributed by atoms with Gasteiger partial charge < -0.3 is 4.57 Å². The van der Waals surface area contributed by atoms with E-state index >= 15 is 0 Å². The van der Waals surface area contributed by atoms with Crippen molar-refractivity contribution in [1.82, 2.24) is 4.57 Å². The van der Waals surface area contributed by atoms with Gasteiger partial charge in [0.1, 0.15) is 0 Å². The van der Waals surface area contributed by atoms with Gasteiger partial charge in [0.05, 0.1) is 0 Å². The van der Waals surface area contributed by atoms with E-state index in [1.807, 2.05) is 6.07 Å². The maximum atomic E-state index is 12.3. The van der Waals surface area contributed by atoms with Crippen LogP contribution in [0.4, 0.5) is 0 Å². The van der Waals surface area contributed by atoms with Crippen LogP contribution in [0.25, 0.3) is 5.69 Å². The molecule has 0 saturated heterocycles. The second-order valence-electron chi connectivity index (χ2n) is 6.87. The van der Waals surface area contributed by atoms with Crippen molar-refractivity contribution in [2.75, 3.05) is 0 Å². The SMILES string of the molecule is CCCc1ccccc1-n1ccc2c1CC(C)(C)CC2=O. The van der Waals surface area contributed by atoms with Crippen LogP contribution in [-0.2, 0) is 12.8 Å². The molecule has 0 unspecified atom stereocenters. The highest BCUT2D eigenvalue weighted by molar-refractivity contribution is 5.99. The Bertz CT molecular complexity index is 679. The zero-order valence-corrected chi connectivity index (χ0v) is 13.1. The molecule has 0 atom stereocenters. The molecule has 1 heterocycles. The molecule has 2 nitrogen and oxygen atoms in total. The van der Waals surface area contributed by atoms with E-state index in [4.69, 9.17) is 0 Å². The summed E-state index contributed by atoms with van der Waals surface area (Å²) in [6.07, 6.45) is 5.88. The smallest absolute Gasteiger partial charge is 0.165 e. The predicted molar refractivity (Wildman–Crippen MR) is 86.2 cm³/mol. The summed E-state index contributed by atoms with van der Waals surface area (Å²) in [5, 5.41) is 0. The lowest BCUT2D eigenvalue weighted by Gasteiger charge is -2.30. The van der Waals surface area contributed by atoms with Gasteiger partial charge in [-0.1, -0.05) is 45.4 Å². The Hall–Kier alpha value is -1.83. The molecule has 0 aliphatic heterocycles. The molecule has 0 N–H and O–H groups in total. The number of hydrogen-bond donors (Lipinski definition) is 0. The van der Waals surface area contributed by atoms with Crippen molar-refractivity contribution in [2.45, 2.75) is 46.5 Å². The molecule has 3 rings (SSSR count). The first-order valence-electron chi connectivity index (χ1n) is 7.83. The molecule has 21 heavy (non-hydrogen) atoms. The van der Waals surface area contributed by atoms with Gasteiger partial charge in [-0.2, -0.15) is 0 Å². The number of fused-ring (bicyclic) bond motifs is 1. The molecular formula is C19H23NO.